The zero-order chi connectivity index (χ0) is 16.7. The van der Waals surface area contributed by atoms with Crippen LogP contribution >= 0.6 is 24.0 Å². The number of anilines is 1. The first-order chi connectivity index (χ1) is 11.1. The number of aliphatic imine (C=N–C) groups is 1. The molecule has 4 nitrogen and oxygen atoms in total. The predicted molar refractivity (Wildman–Crippen MR) is 113 cm³/mol. The molecule has 0 aliphatic rings. The van der Waals surface area contributed by atoms with Crippen LogP contribution in [-0.4, -0.2) is 19.6 Å². The van der Waals surface area contributed by atoms with Crippen molar-refractivity contribution < 1.29 is 4.74 Å². The van der Waals surface area contributed by atoms with Gasteiger partial charge in [0.1, 0.15) is 5.75 Å². The number of nitrogens with two attached hydrogens (primary N) is 1. The molecule has 2 rings (SSSR count). The SMILES string of the molecule is COc1ccc(NC(N)=NCC(c2ccccc2)C(C)C)cc1.I. The molecule has 24 heavy (non-hydrogen) atoms. The lowest BCUT2D eigenvalue weighted by atomic mass is 9.88. The van der Waals surface area contributed by atoms with Crippen LogP contribution in [0.5, 0.6) is 5.75 Å². The highest BCUT2D eigenvalue weighted by Crippen LogP contribution is 2.24. The molecule has 2 aromatic carbocycles. The van der Waals surface area contributed by atoms with E-state index < -0.39 is 0 Å². The minimum Gasteiger partial charge on any atom is -0.497 e. The van der Waals surface area contributed by atoms with Crippen molar-refractivity contribution >= 4 is 35.6 Å². The molecule has 0 fully saturated rings. The highest BCUT2D eigenvalue weighted by atomic mass is 127. The lowest BCUT2D eigenvalue weighted by molar-refractivity contribution is 0.415. The highest BCUT2D eigenvalue weighted by Gasteiger charge is 2.15. The van der Waals surface area contributed by atoms with E-state index in [1.165, 1.54) is 5.56 Å². The van der Waals surface area contributed by atoms with Crippen LogP contribution in [0.3, 0.4) is 0 Å². The number of hydrogen-bond donors (Lipinski definition) is 2. The summed E-state index contributed by atoms with van der Waals surface area (Å²) in [7, 11) is 1.65. The van der Waals surface area contributed by atoms with Gasteiger partial charge < -0.3 is 15.8 Å². The maximum Gasteiger partial charge on any atom is 0.193 e. The second-order valence-corrected chi connectivity index (χ2v) is 5.84. The van der Waals surface area contributed by atoms with Gasteiger partial charge in [-0.05, 0) is 35.7 Å². The Morgan fingerprint density at radius 1 is 1.08 bits per heavy atom. The van der Waals surface area contributed by atoms with E-state index in [2.05, 4.69) is 48.4 Å². The Morgan fingerprint density at radius 2 is 1.71 bits per heavy atom. The summed E-state index contributed by atoms with van der Waals surface area (Å²) in [5.74, 6) is 2.09. The monoisotopic (exact) mass is 439 g/mol. The standard InChI is InChI=1S/C19H25N3O.HI/c1-14(2)18(15-7-5-4-6-8-15)13-21-19(20)22-16-9-11-17(23-3)12-10-16;/h4-12,14,18H,13H2,1-3H3,(H3,20,21,22);1H. The van der Waals surface area contributed by atoms with E-state index in [-0.39, 0.29) is 24.0 Å². The van der Waals surface area contributed by atoms with Gasteiger partial charge in [0, 0.05) is 18.2 Å². The number of methoxy groups -OCH3 is 1. The quantitative estimate of drug-likeness (QED) is 0.397. The summed E-state index contributed by atoms with van der Waals surface area (Å²) >= 11 is 0. The number of nitrogens with one attached hydrogen (secondary N) is 1. The molecule has 3 N–H and O–H groups in total. The van der Waals surface area contributed by atoms with Crippen LogP contribution in [0.2, 0.25) is 0 Å². The summed E-state index contributed by atoms with van der Waals surface area (Å²) in [5, 5.41) is 3.11. The fourth-order valence-electron chi connectivity index (χ4n) is 2.46. The summed E-state index contributed by atoms with van der Waals surface area (Å²) in [4.78, 5) is 4.51. The Hall–Kier alpha value is -1.76. The molecule has 5 heteroatoms. The number of guanidine groups is 1. The highest BCUT2D eigenvalue weighted by molar-refractivity contribution is 14.0. The Morgan fingerprint density at radius 3 is 2.25 bits per heavy atom. The van der Waals surface area contributed by atoms with Gasteiger partial charge in [-0.2, -0.15) is 0 Å². The molecule has 1 unspecified atom stereocenters. The molecule has 0 saturated heterocycles. The average Bonchev–Trinajstić information content (AvgIpc) is 2.56. The summed E-state index contributed by atoms with van der Waals surface area (Å²) < 4.78 is 5.14. The minimum absolute atomic E-state index is 0. The Balaban J connectivity index is 0.00000288. The van der Waals surface area contributed by atoms with Crippen LogP contribution in [0.15, 0.2) is 59.6 Å². The van der Waals surface area contributed by atoms with Crippen LogP contribution in [0.25, 0.3) is 0 Å². The van der Waals surface area contributed by atoms with Crippen molar-refractivity contribution in [3.8, 4) is 5.75 Å². The van der Waals surface area contributed by atoms with Crippen LogP contribution in [0.4, 0.5) is 5.69 Å². The molecule has 0 aliphatic heterocycles. The van der Waals surface area contributed by atoms with Gasteiger partial charge >= 0.3 is 0 Å². The third-order valence-electron chi connectivity index (χ3n) is 3.85. The van der Waals surface area contributed by atoms with E-state index in [1.807, 2.05) is 30.3 Å². The van der Waals surface area contributed by atoms with Gasteiger partial charge in [0.25, 0.3) is 0 Å². The topological polar surface area (TPSA) is 59.6 Å². The summed E-state index contributed by atoms with van der Waals surface area (Å²) in [6, 6.07) is 18.1. The van der Waals surface area contributed by atoms with E-state index in [0.717, 1.165) is 11.4 Å². The van der Waals surface area contributed by atoms with Gasteiger partial charge in [0.05, 0.1) is 7.11 Å². The normalized spacial score (nSPS) is 12.4. The molecule has 0 radical (unpaired) electrons. The second-order valence-electron chi connectivity index (χ2n) is 5.84. The van der Waals surface area contributed by atoms with E-state index in [9.17, 15) is 0 Å². The molecule has 0 spiro atoms. The van der Waals surface area contributed by atoms with Crippen LogP contribution in [0, 0.1) is 5.92 Å². The predicted octanol–water partition coefficient (Wildman–Crippen LogP) is 4.48. The van der Waals surface area contributed by atoms with Gasteiger partial charge in [-0.25, -0.2) is 0 Å². The molecule has 130 valence electrons. The van der Waals surface area contributed by atoms with E-state index in [0.29, 0.717) is 24.3 Å². The van der Waals surface area contributed by atoms with Gasteiger partial charge in [0.15, 0.2) is 5.96 Å². The van der Waals surface area contributed by atoms with Crippen molar-refractivity contribution in [3.05, 3.63) is 60.2 Å². The molecule has 0 heterocycles. The molecule has 2 aromatic rings. The number of ether oxygens (including phenoxy) is 1. The van der Waals surface area contributed by atoms with Crippen molar-refractivity contribution in [2.24, 2.45) is 16.6 Å². The Kier molecular flexibility index (Phi) is 8.60. The summed E-state index contributed by atoms with van der Waals surface area (Å²) in [5.41, 5.74) is 8.20. The van der Waals surface area contributed by atoms with Gasteiger partial charge in [-0.1, -0.05) is 44.2 Å². The van der Waals surface area contributed by atoms with Gasteiger partial charge in [-0.15, -0.1) is 24.0 Å². The van der Waals surface area contributed by atoms with Crippen LogP contribution in [0.1, 0.15) is 25.3 Å². The lowest BCUT2D eigenvalue weighted by Gasteiger charge is -2.19. The van der Waals surface area contributed by atoms with Crippen molar-refractivity contribution in [3.63, 3.8) is 0 Å². The van der Waals surface area contributed by atoms with E-state index in [4.69, 9.17) is 10.5 Å². The number of benzene rings is 2. The largest absolute Gasteiger partial charge is 0.497 e. The molecule has 1 atom stereocenters. The maximum atomic E-state index is 6.01. The van der Waals surface area contributed by atoms with Gasteiger partial charge in [-0.3, -0.25) is 4.99 Å². The van der Waals surface area contributed by atoms with Crippen LogP contribution in [-0.2, 0) is 0 Å². The Labute approximate surface area is 161 Å². The molecule has 0 aliphatic carbocycles. The van der Waals surface area contributed by atoms with Crippen molar-refractivity contribution in [1.82, 2.24) is 0 Å². The first-order valence-corrected chi connectivity index (χ1v) is 7.86. The third-order valence-corrected chi connectivity index (χ3v) is 3.85. The van der Waals surface area contributed by atoms with E-state index in [1.54, 1.807) is 7.11 Å². The average molecular weight is 439 g/mol. The number of halogens is 1. The number of rotatable bonds is 6. The second kappa shape index (κ2) is 10.2. The van der Waals surface area contributed by atoms with Crippen molar-refractivity contribution in [2.45, 2.75) is 19.8 Å². The fraction of sp³-hybridized carbons (Fsp3) is 0.316. The third kappa shape index (κ3) is 6.03. The summed E-state index contributed by atoms with van der Waals surface area (Å²) in [6.07, 6.45) is 0. The smallest absolute Gasteiger partial charge is 0.193 e. The van der Waals surface area contributed by atoms with Gasteiger partial charge in [0.2, 0.25) is 0 Å². The van der Waals surface area contributed by atoms with E-state index >= 15 is 0 Å². The number of hydrogen-bond acceptors (Lipinski definition) is 2. The number of nitrogens with zero attached hydrogens (tertiary/aromatic N) is 1. The molecule has 0 bridgehead atoms. The zero-order valence-corrected chi connectivity index (χ0v) is 16.7. The Bertz CT molecular complexity index is 627. The van der Waals surface area contributed by atoms with Crippen LogP contribution < -0.4 is 15.8 Å². The zero-order valence-electron chi connectivity index (χ0n) is 14.4. The molecule has 0 saturated carbocycles. The first-order valence-electron chi connectivity index (χ1n) is 7.86. The minimum atomic E-state index is 0. The summed E-state index contributed by atoms with van der Waals surface area (Å²) in [6.45, 7) is 5.08. The fourth-order valence-corrected chi connectivity index (χ4v) is 2.46. The van der Waals surface area contributed by atoms with Crippen molar-refractivity contribution in [1.29, 1.82) is 0 Å². The molecular formula is C19H26IN3O. The van der Waals surface area contributed by atoms with Crippen molar-refractivity contribution in [2.75, 3.05) is 19.0 Å². The lowest BCUT2D eigenvalue weighted by Crippen LogP contribution is -2.24. The molecule has 0 amide bonds. The maximum absolute atomic E-state index is 6.01. The molecule has 0 aromatic heterocycles. The molecular weight excluding hydrogens is 413 g/mol. The first kappa shape index (κ1) is 20.3.